The van der Waals surface area contributed by atoms with Crippen molar-refractivity contribution in [2.24, 2.45) is 7.05 Å². The Hall–Kier alpha value is -3.03. The van der Waals surface area contributed by atoms with E-state index in [2.05, 4.69) is 26.5 Å². The highest BCUT2D eigenvalue weighted by Gasteiger charge is 2.12. The minimum atomic E-state index is -0.109. The van der Waals surface area contributed by atoms with Crippen LogP contribution in [0, 0.1) is 6.92 Å². The SMILES string of the molecule is Cc1cc(-c2cc(=O)n3cc(C4=CCNCC4)ccc3n2)nc2cn(C)nc12.Cl. The summed E-state index contributed by atoms with van der Waals surface area (Å²) in [6.45, 7) is 3.81. The van der Waals surface area contributed by atoms with Crippen molar-refractivity contribution < 1.29 is 0 Å². The molecule has 1 aliphatic heterocycles. The first kappa shape index (κ1) is 19.3. The lowest BCUT2D eigenvalue weighted by Crippen LogP contribution is -2.20. The Morgan fingerprint density at radius 1 is 1.10 bits per heavy atom. The van der Waals surface area contributed by atoms with Crippen LogP contribution in [-0.4, -0.2) is 37.2 Å². The predicted molar refractivity (Wildman–Crippen MR) is 116 cm³/mol. The summed E-state index contributed by atoms with van der Waals surface area (Å²) in [5.74, 6) is 0. The van der Waals surface area contributed by atoms with Crippen LogP contribution in [0.1, 0.15) is 17.5 Å². The van der Waals surface area contributed by atoms with Gasteiger partial charge in [-0.05, 0) is 54.8 Å². The quantitative estimate of drug-likeness (QED) is 0.552. The van der Waals surface area contributed by atoms with E-state index in [0.717, 1.165) is 41.7 Å². The molecule has 0 unspecified atom stereocenters. The molecule has 7 nitrogen and oxygen atoms in total. The number of nitrogens with zero attached hydrogens (tertiary/aromatic N) is 5. The minimum absolute atomic E-state index is 0. The van der Waals surface area contributed by atoms with Crippen molar-refractivity contribution in [3.63, 3.8) is 0 Å². The molecular weight excluding hydrogens is 388 g/mol. The predicted octanol–water partition coefficient (Wildman–Crippen LogP) is 2.75. The Morgan fingerprint density at radius 2 is 1.93 bits per heavy atom. The van der Waals surface area contributed by atoms with Gasteiger partial charge in [-0.1, -0.05) is 6.08 Å². The second-order valence-electron chi connectivity index (χ2n) is 7.17. The molecule has 0 bridgehead atoms. The first-order valence-electron chi connectivity index (χ1n) is 9.33. The lowest BCUT2D eigenvalue weighted by Gasteiger charge is -2.15. The Kier molecular flexibility index (Phi) is 4.94. The number of halogens is 1. The molecule has 0 aliphatic carbocycles. The minimum Gasteiger partial charge on any atom is -0.313 e. The molecule has 5 heterocycles. The summed E-state index contributed by atoms with van der Waals surface area (Å²) >= 11 is 0. The fourth-order valence-corrected chi connectivity index (χ4v) is 3.71. The van der Waals surface area contributed by atoms with E-state index >= 15 is 0 Å². The van der Waals surface area contributed by atoms with Crippen molar-refractivity contribution in [3.8, 4) is 11.4 Å². The Labute approximate surface area is 173 Å². The van der Waals surface area contributed by atoms with Gasteiger partial charge in [0, 0.05) is 25.9 Å². The number of aromatic nitrogens is 5. The molecule has 0 aromatic carbocycles. The highest BCUT2D eigenvalue weighted by molar-refractivity contribution is 5.85. The summed E-state index contributed by atoms with van der Waals surface area (Å²) in [5.41, 5.74) is 6.77. The molecular formula is C21H21ClN6O. The van der Waals surface area contributed by atoms with E-state index in [0.29, 0.717) is 17.0 Å². The van der Waals surface area contributed by atoms with E-state index in [1.54, 1.807) is 15.1 Å². The van der Waals surface area contributed by atoms with Gasteiger partial charge >= 0.3 is 0 Å². The van der Waals surface area contributed by atoms with Crippen molar-refractivity contribution in [1.82, 2.24) is 29.5 Å². The van der Waals surface area contributed by atoms with Crippen LogP contribution in [0.15, 0.2) is 47.5 Å². The highest BCUT2D eigenvalue weighted by Crippen LogP contribution is 2.23. The first-order valence-corrected chi connectivity index (χ1v) is 9.33. The average molecular weight is 409 g/mol. The summed E-state index contributed by atoms with van der Waals surface area (Å²) in [6.07, 6.45) is 6.89. The molecule has 4 aromatic rings. The molecule has 148 valence electrons. The molecule has 0 radical (unpaired) electrons. The van der Waals surface area contributed by atoms with Gasteiger partial charge in [0.05, 0.1) is 17.6 Å². The van der Waals surface area contributed by atoms with Crippen molar-refractivity contribution >= 4 is 34.7 Å². The van der Waals surface area contributed by atoms with Gasteiger partial charge in [0.25, 0.3) is 5.56 Å². The molecule has 0 saturated heterocycles. The molecule has 4 aromatic heterocycles. The van der Waals surface area contributed by atoms with E-state index in [-0.39, 0.29) is 18.0 Å². The van der Waals surface area contributed by atoms with E-state index < -0.39 is 0 Å². The zero-order valence-corrected chi connectivity index (χ0v) is 17.0. The molecule has 0 atom stereocenters. The van der Waals surface area contributed by atoms with Crippen molar-refractivity contribution in [2.75, 3.05) is 13.1 Å². The van der Waals surface area contributed by atoms with Crippen LogP contribution in [0.4, 0.5) is 0 Å². The summed E-state index contributed by atoms with van der Waals surface area (Å²) in [4.78, 5) is 22.2. The molecule has 0 fully saturated rings. The third-order valence-corrected chi connectivity index (χ3v) is 5.13. The summed E-state index contributed by atoms with van der Waals surface area (Å²) in [7, 11) is 1.87. The van der Waals surface area contributed by atoms with E-state index in [1.165, 1.54) is 5.57 Å². The zero-order valence-electron chi connectivity index (χ0n) is 16.2. The Bertz CT molecular complexity index is 1320. The average Bonchev–Trinajstić information content (AvgIpc) is 3.09. The molecule has 8 heteroatoms. The Balaban J connectivity index is 0.00000205. The van der Waals surface area contributed by atoms with Crippen molar-refractivity contribution in [3.05, 3.63) is 64.2 Å². The molecule has 29 heavy (non-hydrogen) atoms. The number of hydrogen-bond donors (Lipinski definition) is 1. The van der Waals surface area contributed by atoms with Gasteiger partial charge in [-0.25, -0.2) is 9.97 Å². The van der Waals surface area contributed by atoms with Gasteiger partial charge < -0.3 is 5.32 Å². The van der Waals surface area contributed by atoms with Gasteiger partial charge in [-0.2, -0.15) is 5.10 Å². The lowest BCUT2D eigenvalue weighted by molar-refractivity contribution is 0.738. The fourth-order valence-electron chi connectivity index (χ4n) is 3.71. The van der Waals surface area contributed by atoms with Crippen LogP contribution in [0.25, 0.3) is 33.6 Å². The molecule has 1 N–H and O–H groups in total. The summed E-state index contributed by atoms with van der Waals surface area (Å²) in [5, 5.41) is 7.73. The van der Waals surface area contributed by atoms with Gasteiger partial charge in [0.1, 0.15) is 16.7 Å². The normalized spacial score (nSPS) is 14.1. The molecule has 5 rings (SSSR count). The van der Waals surface area contributed by atoms with E-state index in [1.807, 2.05) is 44.6 Å². The maximum Gasteiger partial charge on any atom is 0.258 e. The maximum atomic E-state index is 12.8. The number of hydrogen-bond acceptors (Lipinski definition) is 5. The standard InChI is InChI=1S/C21H20N6O.ClH/c1-13-9-16(23-18-12-26(2)25-21(13)18)17-10-20(28)27-11-15(3-4-19(27)24-17)14-5-7-22-8-6-14;/h3-5,9-12,22H,6-8H2,1-2H3;1H. The van der Waals surface area contributed by atoms with Gasteiger partial charge in [0.15, 0.2) is 0 Å². The molecule has 0 saturated carbocycles. The second-order valence-corrected chi connectivity index (χ2v) is 7.17. The number of fused-ring (bicyclic) bond motifs is 2. The number of aryl methyl sites for hydroxylation is 2. The molecule has 1 aliphatic rings. The number of nitrogens with one attached hydrogen (secondary N) is 1. The third-order valence-electron chi connectivity index (χ3n) is 5.13. The smallest absolute Gasteiger partial charge is 0.258 e. The van der Waals surface area contributed by atoms with Crippen molar-refractivity contribution in [1.29, 1.82) is 0 Å². The molecule has 0 amide bonds. The summed E-state index contributed by atoms with van der Waals surface area (Å²) < 4.78 is 3.35. The fraction of sp³-hybridized carbons (Fsp3) is 0.238. The van der Waals surface area contributed by atoms with Crippen LogP contribution in [0.3, 0.4) is 0 Å². The second kappa shape index (κ2) is 7.42. The molecule has 0 spiro atoms. The first-order chi connectivity index (χ1) is 13.6. The van der Waals surface area contributed by atoms with Crippen molar-refractivity contribution in [2.45, 2.75) is 13.3 Å². The summed E-state index contributed by atoms with van der Waals surface area (Å²) in [6, 6.07) is 7.42. The number of rotatable bonds is 2. The van der Waals surface area contributed by atoms with Gasteiger partial charge in [-0.3, -0.25) is 13.9 Å². The van der Waals surface area contributed by atoms with Crippen LogP contribution < -0.4 is 10.9 Å². The highest BCUT2D eigenvalue weighted by atomic mass is 35.5. The van der Waals surface area contributed by atoms with Crippen LogP contribution in [0.5, 0.6) is 0 Å². The van der Waals surface area contributed by atoms with Gasteiger partial charge in [-0.15, -0.1) is 12.4 Å². The van der Waals surface area contributed by atoms with Crippen LogP contribution in [-0.2, 0) is 7.05 Å². The number of pyridine rings is 2. The lowest BCUT2D eigenvalue weighted by atomic mass is 10.0. The van der Waals surface area contributed by atoms with Crippen LogP contribution >= 0.6 is 12.4 Å². The monoisotopic (exact) mass is 408 g/mol. The van der Waals surface area contributed by atoms with Crippen LogP contribution in [0.2, 0.25) is 0 Å². The third kappa shape index (κ3) is 3.43. The topological polar surface area (TPSA) is 77.1 Å². The van der Waals surface area contributed by atoms with Gasteiger partial charge in [0.2, 0.25) is 0 Å². The van der Waals surface area contributed by atoms with E-state index in [4.69, 9.17) is 0 Å². The Morgan fingerprint density at radius 3 is 2.72 bits per heavy atom. The largest absolute Gasteiger partial charge is 0.313 e. The maximum absolute atomic E-state index is 12.8. The zero-order chi connectivity index (χ0) is 19.3. The van der Waals surface area contributed by atoms with E-state index in [9.17, 15) is 4.79 Å².